The van der Waals surface area contributed by atoms with E-state index in [1.807, 2.05) is 12.2 Å². The number of likely N-dealkylation sites (tertiary alicyclic amines) is 1. The van der Waals surface area contributed by atoms with E-state index in [9.17, 15) is 14.7 Å². The fourth-order valence-electron chi connectivity index (χ4n) is 2.64. The first kappa shape index (κ1) is 12.9. The van der Waals surface area contributed by atoms with Crippen LogP contribution in [0.3, 0.4) is 0 Å². The number of carbonyl (C=O) groups excluding carboxylic acids is 1. The molecule has 1 N–H and O–H groups in total. The SMILES string of the molecule is CC(C)(C)OC(=O)N1C(C(=O)O)CC2CC=CC21. The summed E-state index contributed by atoms with van der Waals surface area (Å²) < 4.78 is 5.30. The molecule has 0 bridgehead atoms. The van der Waals surface area contributed by atoms with Crippen molar-refractivity contribution < 1.29 is 19.4 Å². The van der Waals surface area contributed by atoms with E-state index in [0.29, 0.717) is 6.42 Å². The Morgan fingerprint density at radius 3 is 2.61 bits per heavy atom. The highest BCUT2D eigenvalue weighted by Crippen LogP contribution is 2.38. The van der Waals surface area contributed by atoms with Crippen LogP contribution in [0, 0.1) is 5.92 Å². The van der Waals surface area contributed by atoms with Crippen LogP contribution >= 0.6 is 0 Å². The number of rotatable bonds is 1. The van der Waals surface area contributed by atoms with Crippen molar-refractivity contribution in [2.75, 3.05) is 0 Å². The number of hydrogen-bond acceptors (Lipinski definition) is 3. The highest BCUT2D eigenvalue weighted by atomic mass is 16.6. The Bertz CT molecular complexity index is 396. The zero-order valence-corrected chi connectivity index (χ0v) is 10.9. The average molecular weight is 253 g/mol. The van der Waals surface area contributed by atoms with Crippen molar-refractivity contribution in [3.05, 3.63) is 12.2 Å². The van der Waals surface area contributed by atoms with Crippen LogP contribution in [0.4, 0.5) is 4.79 Å². The van der Waals surface area contributed by atoms with E-state index in [1.165, 1.54) is 4.90 Å². The number of carboxylic acids is 1. The molecule has 0 aromatic carbocycles. The van der Waals surface area contributed by atoms with Gasteiger partial charge in [-0.1, -0.05) is 12.2 Å². The minimum absolute atomic E-state index is 0.124. The van der Waals surface area contributed by atoms with Crippen molar-refractivity contribution in [2.45, 2.75) is 51.3 Å². The number of nitrogens with zero attached hydrogens (tertiary/aromatic N) is 1. The number of ether oxygens (including phenoxy) is 1. The smallest absolute Gasteiger partial charge is 0.411 e. The molecular weight excluding hydrogens is 234 g/mol. The second-order valence-corrected chi connectivity index (χ2v) is 5.89. The van der Waals surface area contributed by atoms with E-state index in [4.69, 9.17) is 4.74 Å². The lowest BCUT2D eigenvalue weighted by atomic mass is 10.0. The van der Waals surface area contributed by atoms with Crippen molar-refractivity contribution in [3.63, 3.8) is 0 Å². The molecule has 0 spiro atoms. The van der Waals surface area contributed by atoms with E-state index in [2.05, 4.69) is 0 Å². The summed E-state index contributed by atoms with van der Waals surface area (Å²) >= 11 is 0. The zero-order chi connectivity index (χ0) is 13.5. The molecule has 0 aromatic rings. The summed E-state index contributed by atoms with van der Waals surface area (Å²) in [6.07, 6.45) is 4.73. The van der Waals surface area contributed by atoms with Gasteiger partial charge in [0.05, 0.1) is 6.04 Å². The number of allylic oxidation sites excluding steroid dienone is 1. The predicted octanol–water partition coefficient (Wildman–Crippen LogP) is 2.03. The summed E-state index contributed by atoms with van der Waals surface area (Å²) in [5, 5.41) is 9.21. The Kier molecular flexibility index (Phi) is 3.09. The summed E-state index contributed by atoms with van der Waals surface area (Å²) in [5.74, 6) is -0.734. The topological polar surface area (TPSA) is 66.8 Å². The molecule has 3 unspecified atom stereocenters. The number of aliphatic carboxylic acids is 1. The van der Waals surface area contributed by atoms with Crippen LogP contribution in [0.5, 0.6) is 0 Å². The maximum atomic E-state index is 12.1. The molecule has 1 saturated heterocycles. The van der Waals surface area contributed by atoms with E-state index < -0.39 is 23.7 Å². The van der Waals surface area contributed by atoms with Crippen LogP contribution in [-0.4, -0.2) is 39.8 Å². The second kappa shape index (κ2) is 4.30. The van der Waals surface area contributed by atoms with E-state index >= 15 is 0 Å². The summed E-state index contributed by atoms with van der Waals surface area (Å²) in [4.78, 5) is 24.7. The van der Waals surface area contributed by atoms with Gasteiger partial charge in [0.15, 0.2) is 0 Å². The van der Waals surface area contributed by atoms with Crippen molar-refractivity contribution in [1.29, 1.82) is 0 Å². The highest BCUT2D eigenvalue weighted by molar-refractivity contribution is 5.81. The second-order valence-electron chi connectivity index (χ2n) is 5.89. The number of carbonyl (C=O) groups is 2. The summed E-state index contributed by atoms with van der Waals surface area (Å²) in [5.41, 5.74) is -0.611. The van der Waals surface area contributed by atoms with E-state index in [-0.39, 0.29) is 12.0 Å². The molecule has 3 atom stereocenters. The first-order chi connectivity index (χ1) is 8.29. The Balaban J connectivity index is 2.18. The summed E-state index contributed by atoms with van der Waals surface area (Å²) in [6.45, 7) is 5.33. The molecule has 0 radical (unpaired) electrons. The van der Waals surface area contributed by atoms with Gasteiger partial charge in [-0.3, -0.25) is 4.90 Å². The van der Waals surface area contributed by atoms with Gasteiger partial charge in [0, 0.05) is 0 Å². The molecule has 18 heavy (non-hydrogen) atoms. The first-order valence-corrected chi connectivity index (χ1v) is 6.20. The lowest BCUT2D eigenvalue weighted by Gasteiger charge is -2.29. The molecular formula is C13H19NO4. The van der Waals surface area contributed by atoms with Gasteiger partial charge in [-0.2, -0.15) is 0 Å². The van der Waals surface area contributed by atoms with Gasteiger partial charge < -0.3 is 9.84 Å². The number of carboxylic acid groups (broad SMARTS) is 1. The Hall–Kier alpha value is -1.52. The molecule has 2 aliphatic rings. The van der Waals surface area contributed by atoms with Crippen molar-refractivity contribution in [3.8, 4) is 0 Å². The molecule has 1 aliphatic heterocycles. The van der Waals surface area contributed by atoms with Gasteiger partial charge in [0.25, 0.3) is 0 Å². The first-order valence-electron chi connectivity index (χ1n) is 6.20. The highest BCUT2D eigenvalue weighted by Gasteiger charge is 2.48. The summed E-state index contributed by atoms with van der Waals surface area (Å²) in [6, 6.07) is -0.888. The predicted molar refractivity (Wildman–Crippen MR) is 65.1 cm³/mol. The molecule has 1 amide bonds. The molecule has 5 heteroatoms. The molecule has 100 valence electrons. The van der Waals surface area contributed by atoms with Crippen LogP contribution < -0.4 is 0 Å². The van der Waals surface area contributed by atoms with Gasteiger partial charge in [-0.25, -0.2) is 9.59 Å². The van der Waals surface area contributed by atoms with Crippen LogP contribution in [0.1, 0.15) is 33.6 Å². The normalized spacial score (nSPS) is 30.4. The monoisotopic (exact) mass is 253 g/mol. The number of amides is 1. The van der Waals surface area contributed by atoms with Gasteiger partial charge >= 0.3 is 12.1 Å². The number of fused-ring (bicyclic) bond motifs is 1. The largest absolute Gasteiger partial charge is 0.480 e. The maximum absolute atomic E-state index is 12.1. The Labute approximate surface area is 106 Å². The van der Waals surface area contributed by atoms with Gasteiger partial charge in [-0.05, 0) is 39.5 Å². The van der Waals surface area contributed by atoms with E-state index in [0.717, 1.165) is 6.42 Å². The maximum Gasteiger partial charge on any atom is 0.411 e. The van der Waals surface area contributed by atoms with Crippen molar-refractivity contribution in [1.82, 2.24) is 4.90 Å². The lowest BCUT2D eigenvalue weighted by molar-refractivity contribution is -0.142. The fraction of sp³-hybridized carbons (Fsp3) is 0.692. The molecule has 1 fully saturated rings. The van der Waals surface area contributed by atoms with Crippen LogP contribution in [0.2, 0.25) is 0 Å². The minimum Gasteiger partial charge on any atom is -0.480 e. The van der Waals surface area contributed by atoms with E-state index in [1.54, 1.807) is 20.8 Å². The molecule has 2 rings (SSSR count). The third-order valence-corrected chi connectivity index (χ3v) is 3.33. The molecule has 0 saturated carbocycles. The van der Waals surface area contributed by atoms with Crippen LogP contribution in [0.15, 0.2) is 12.2 Å². The van der Waals surface area contributed by atoms with Gasteiger partial charge in [-0.15, -0.1) is 0 Å². The number of hydrogen-bond donors (Lipinski definition) is 1. The molecule has 0 aromatic heterocycles. The van der Waals surface area contributed by atoms with Crippen molar-refractivity contribution in [2.24, 2.45) is 5.92 Å². The molecule has 1 heterocycles. The Morgan fingerprint density at radius 1 is 1.39 bits per heavy atom. The summed E-state index contributed by atoms with van der Waals surface area (Å²) in [7, 11) is 0. The van der Waals surface area contributed by atoms with Gasteiger partial charge in [0.1, 0.15) is 11.6 Å². The van der Waals surface area contributed by atoms with Gasteiger partial charge in [0.2, 0.25) is 0 Å². The van der Waals surface area contributed by atoms with Crippen LogP contribution in [-0.2, 0) is 9.53 Å². The minimum atomic E-state index is -0.955. The van der Waals surface area contributed by atoms with Crippen molar-refractivity contribution >= 4 is 12.1 Å². The third kappa shape index (κ3) is 2.35. The average Bonchev–Trinajstić information content (AvgIpc) is 2.70. The quantitative estimate of drug-likeness (QED) is 0.726. The standard InChI is InChI=1S/C13H19NO4/c1-13(2,3)18-12(17)14-9-6-4-5-8(9)7-10(14)11(15)16/h4,6,8-10H,5,7H2,1-3H3,(H,15,16). The molecule has 1 aliphatic carbocycles. The van der Waals surface area contributed by atoms with Crippen LogP contribution in [0.25, 0.3) is 0 Å². The lowest BCUT2D eigenvalue weighted by Crippen LogP contribution is -2.46. The zero-order valence-electron chi connectivity index (χ0n) is 10.9. The third-order valence-electron chi connectivity index (χ3n) is 3.33. The molecule has 5 nitrogen and oxygen atoms in total. The Morgan fingerprint density at radius 2 is 2.06 bits per heavy atom. The fourth-order valence-corrected chi connectivity index (χ4v) is 2.64.